The summed E-state index contributed by atoms with van der Waals surface area (Å²) < 4.78 is 5.86. The minimum absolute atomic E-state index is 0.125. The lowest BCUT2D eigenvalue weighted by Crippen LogP contribution is -2.28. The fraction of sp³-hybridized carbons (Fsp3) is 0.0333. The summed E-state index contributed by atoms with van der Waals surface area (Å²) in [6, 6.07) is 30.5. The summed E-state index contributed by atoms with van der Waals surface area (Å²) in [5, 5.41) is 10.4. The van der Waals surface area contributed by atoms with Gasteiger partial charge in [0.1, 0.15) is 12.4 Å². The number of hydrogen-bond acceptors (Lipinski definition) is 5. The van der Waals surface area contributed by atoms with Gasteiger partial charge in [-0.05, 0) is 71.9 Å². The van der Waals surface area contributed by atoms with Crippen LogP contribution in [-0.2, 0) is 11.4 Å². The number of hydrogen-bond donors (Lipinski definition) is 1. The Hall–Kier alpha value is -4.33. The fourth-order valence-electron chi connectivity index (χ4n) is 3.76. The predicted molar refractivity (Wildman–Crippen MR) is 152 cm³/mol. The van der Waals surface area contributed by atoms with E-state index in [1.807, 2.05) is 78.9 Å². The van der Waals surface area contributed by atoms with Crippen molar-refractivity contribution in [3.8, 4) is 5.75 Å². The van der Waals surface area contributed by atoms with Crippen LogP contribution in [0, 0.1) is 0 Å². The highest BCUT2D eigenvalue weighted by Gasteiger charge is 2.34. The maximum absolute atomic E-state index is 13.5. The molecule has 0 unspecified atom stereocenters. The van der Waals surface area contributed by atoms with Gasteiger partial charge in [-0.3, -0.25) is 9.69 Å². The molecule has 38 heavy (non-hydrogen) atoms. The molecular weight excluding hydrogens is 520 g/mol. The van der Waals surface area contributed by atoms with Crippen LogP contribution in [0.25, 0.3) is 6.08 Å². The summed E-state index contributed by atoms with van der Waals surface area (Å²) in [4.78, 5) is 31.5. The van der Waals surface area contributed by atoms with Crippen LogP contribution in [0.4, 0.5) is 11.4 Å². The number of carboxylic acids is 1. The molecule has 1 aliphatic rings. The number of para-hydroxylation sites is 1. The van der Waals surface area contributed by atoms with Gasteiger partial charge in [-0.1, -0.05) is 66.2 Å². The maximum Gasteiger partial charge on any atom is 0.335 e. The zero-order valence-corrected chi connectivity index (χ0v) is 21.5. The predicted octanol–water partition coefficient (Wildman–Crippen LogP) is 7.43. The summed E-state index contributed by atoms with van der Waals surface area (Å²) in [5.74, 6) is -0.570. The first-order chi connectivity index (χ1) is 18.5. The van der Waals surface area contributed by atoms with Crippen molar-refractivity contribution in [3.05, 3.63) is 130 Å². The Bertz CT molecular complexity index is 1550. The molecule has 0 aromatic heterocycles. The number of benzene rings is 4. The molecule has 188 valence electrons. The third-order valence-electron chi connectivity index (χ3n) is 5.67. The number of aliphatic imine (C=N–C) groups is 1. The van der Waals surface area contributed by atoms with E-state index in [2.05, 4.69) is 4.99 Å². The van der Waals surface area contributed by atoms with Gasteiger partial charge in [0.05, 0.1) is 21.8 Å². The molecule has 1 saturated heterocycles. The van der Waals surface area contributed by atoms with Crippen molar-refractivity contribution in [1.29, 1.82) is 0 Å². The van der Waals surface area contributed by atoms with Crippen LogP contribution < -0.4 is 9.64 Å². The number of carbonyl (C=O) groups excluding carboxylic acids is 1. The number of ether oxygens (including phenoxy) is 1. The zero-order chi connectivity index (χ0) is 26.5. The van der Waals surface area contributed by atoms with Gasteiger partial charge >= 0.3 is 5.97 Å². The molecule has 1 amide bonds. The number of amides is 1. The minimum atomic E-state index is -1.04. The summed E-state index contributed by atoms with van der Waals surface area (Å²) in [6.45, 7) is 0.351. The Morgan fingerprint density at radius 3 is 2.42 bits per heavy atom. The Kier molecular flexibility index (Phi) is 7.58. The molecule has 1 N–H and O–H groups in total. The molecule has 0 atom stereocenters. The highest BCUT2D eigenvalue weighted by molar-refractivity contribution is 8.19. The van der Waals surface area contributed by atoms with Gasteiger partial charge < -0.3 is 9.84 Å². The third kappa shape index (κ3) is 5.80. The van der Waals surface area contributed by atoms with E-state index in [4.69, 9.17) is 16.3 Å². The molecule has 8 heteroatoms. The lowest BCUT2D eigenvalue weighted by Gasteiger charge is -2.15. The van der Waals surface area contributed by atoms with Crippen molar-refractivity contribution in [2.45, 2.75) is 6.61 Å². The van der Waals surface area contributed by atoms with E-state index in [1.165, 1.54) is 28.8 Å². The van der Waals surface area contributed by atoms with E-state index in [0.717, 1.165) is 11.1 Å². The van der Waals surface area contributed by atoms with Crippen LogP contribution in [-0.4, -0.2) is 22.2 Å². The number of thioether (sulfide) groups is 1. The normalized spacial score (nSPS) is 15.3. The molecule has 4 aromatic rings. The second-order valence-electron chi connectivity index (χ2n) is 8.29. The molecule has 0 spiro atoms. The average molecular weight is 541 g/mol. The molecule has 0 saturated carbocycles. The maximum atomic E-state index is 13.5. The highest BCUT2D eigenvalue weighted by Crippen LogP contribution is 2.37. The molecule has 0 bridgehead atoms. The first-order valence-corrected chi connectivity index (χ1v) is 12.8. The first-order valence-electron chi connectivity index (χ1n) is 11.7. The standard InChI is InChI=1S/C30H21ClN2O4S/c31-26-12-5-4-7-22(26)19-37-25-15-13-20(14-16-25)17-27-28(34)33(24-10-2-1-3-11-24)30(38-27)32-23-9-6-8-21(18-23)29(35)36/h1-18H,19H2,(H,35,36)/b27-17-,32-30?. The van der Waals surface area contributed by atoms with Crippen LogP contribution >= 0.6 is 23.4 Å². The van der Waals surface area contributed by atoms with Crippen molar-refractivity contribution in [3.63, 3.8) is 0 Å². The summed E-state index contributed by atoms with van der Waals surface area (Å²) in [6.07, 6.45) is 1.80. The average Bonchev–Trinajstić information content (AvgIpc) is 3.23. The second-order valence-corrected chi connectivity index (χ2v) is 9.70. The largest absolute Gasteiger partial charge is 0.489 e. The number of anilines is 1. The molecule has 1 fully saturated rings. The van der Waals surface area contributed by atoms with Crippen molar-refractivity contribution < 1.29 is 19.4 Å². The van der Waals surface area contributed by atoms with Crippen LogP contribution in [0.1, 0.15) is 21.5 Å². The molecule has 6 nitrogen and oxygen atoms in total. The molecule has 0 aliphatic carbocycles. The van der Waals surface area contributed by atoms with Crippen LogP contribution in [0.2, 0.25) is 5.02 Å². The lowest BCUT2D eigenvalue weighted by atomic mass is 10.2. The van der Waals surface area contributed by atoms with Gasteiger partial charge in [0.2, 0.25) is 0 Å². The van der Waals surface area contributed by atoms with Crippen LogP contribution in [0.5, 0.6) is 5.75 Å². The van der Waals surface area contributed by atoms with Gasteiger partial charge in [-0.2, -0.15) is 0 Å². The number of carbonyl (C=O) groups is 2. The number of aromatic carboxylic acids is 1. The number of carboxylic acid groups (broad SMARTS) is 1. The third-order valence-corrected chi connectivity index (χ3v) is 7.01. The van der Waals surface area contributed by atoms with Crippen molar-refractivity contribution in [2.24, 2.45) is 4.99 Å². The lowest BCUT2D eigenvalue weighted by molar-refractivity contribution is -0.113. The number of halogens is 1. The van der Waals surface area contributed by atoms with Gasteiger partial charge in [0, 0.05) is 10.6 Å². The van der Waals surface area contributed by atoms with Gasteiger partial charge in [0.15, 0.2) is 5.17 Å². The van der Waals surface area contributed by atoms with Crippen LogP contribution in [0.3, 0.4) is 0 Å². The number of amidine groups is 1. The molecule has 0 radical (unpaired) electrons. The number of rotatable bonds is 7. The summed E-state index contributed by atoms with van der Waals surface area (Å²) in [7, 11) is 0. The fourth-order valence-corrected chi connectivity index (χ4v) is 4.95. The molecule has 4 aromatic carbocycles. The second kappa shape index (κ2) is 11.4. The molecule has 1 aliphatic heterocycles. The Morgan fingerprint density at radius 1 is 0.947 bits per heavy atom. The smallest absolute Gasteiger partial charge is 0.335 e. The quantitative estimate of drug-likeness (QED) is 0.247. The van der Waals surface area contributed by atoms with E-state index < -0.39 is 5.97 Å². The number of nitrogens with zero attached hydrogens (tertiary/aromatic N) is 2. The zero-order valence-electron chi connectivity index (χ0n) is 20.0. The van der Waals surface area contributed by atoms with Crippen molar-refractivity contribution in [2.75, 3.05) is 4.90 Å². The molecule has 5 rings (SSSR count). The van der Waals surface area contributed by atoms with E-state index in [-0.39, 0.29) is 11.5 Å². The van der Waals surface area contributed by atoms with E-state index in [9.17, 15) is 14.7 Å². The monoisotopic (exact) mass is 540 g/mol. The molecular formula is C30H21ClN2O4S. The minimum Gasteiger partial charge on any atom is -0.489 e. The Labute approximate surface area is 228 Å². The SMILES string of the molecule is O=C(O)c1cccc(N=C2S/C(=C\c3ccc(OCc4ccccc4Cl)cc3)C(=O)N2c2ccccc2)c1. The Balaban J connectivity index is 1.40. The van der Waals surface area contributed by atoms with Gasteiger partial charge in [-0.15, -0.1) is 0 Å². The Morgan fingerprint density at radius 2 is 1.68 bits per heavy atom. The summed E-state index contributed by atoms with van der Waals surface area (Å²) in [5.41, 5.74) is 2.97. The topological polar surface area (TPSA) is 79.2 Å². The van der Waals surface area contributed by atoms with Crippen LogP contribution in [0.15, 0.2) is 113 Å². The molecule has 1 heterocycles. The van der Waals surface area contributed by atoms with E-state index in [0.29, 0.717) is 38.8 Å². The first kappa shape index (κ1) is 25.3. The van der Waals surface area contributed by atoms with Crippen molar-refractivity contribution in [1.82, 2.24) is 0 Å². The summed E-state index contributed by atoms with van der Waals surface area (Å²) >= 11 is 7.44. The van der Waals surface area contributed by atoms with Crippen molar-refractivity contribution >= 4 is 57.9 Å². The van der Waals surface area contributed by atoms with Gasteiger partial charge in [0.25, 0.3) is 5.91 Å². The highest BCUT2D eigenvalue weighted by atomic mass is 35.5. The van der Waals surface area contributed by atoms with E-state index in [1.54, 1.807) is 18.2 Å². The van der Waals surface area contributed by atoms with Gasteiger partial charge in [-0.25, -0.2) is 9.79 Å². The van der Waals surface area contributed by atoms with E-state index >= 15 is 0 Å².